The first-order valence-electron chi connectivity index (χ1n) is 7.81. The Kier molecular flexibility index (Phi) is 4.77. The number of fused-ring (bicyclic) bond motifs is 1. The Balaban J connectivity index is 1.61. The largest absolute Gasteiger partial charge is 0.394 e. The number of aromatic nitrogens is 2. The zero-order valence-corrected chi connectivity index (χ0v) is 13.4. The minimum Gasteiger partial charge on any atom is -0.394 e. The van der Waals surface area contributed by atoms with E-state index in [9.17, 15) is 9.90 Å². The Bertz CT molecular complexity index is 829. The highest BCUT2D eigenvalue weighted by Crippen LogP contribution is 2.11. The molecule has 6 nitrogen and oxygen atoms in total. The summed E-state index contributed by atoms with van der Waals surface area (Å²) in [5.41, 5.74) is 3.57. The molecular formula is C18H20N4O2. The molecule has 0 saturated carbocycles. The topological polar surface area (TPSA) is 78.7 Å². The molecule has 0 aliphatic carbocycles. The summed E-state index contributed by atoms with van der Waals surface area (Å²) < 4.78 is 1.98. The Hall–Kier alpha value is -2.86. The predicted molar refractivity (Wildman–Crippen MR) is 91.6 cm³/mol. The third-order valence-corrected chi connectivity index (χ3v) is 3.87. The van der Waals surface area contributed by atoms with Gasteiger partial charge in [0.25, 0.3) is 0 Å². The number of urea groups is 1. The first-order valence-corrected chi connectivity index (χ1v) is 7.81. The molecule has 2 heterocycles. The van der Waals surface area contributed by atoms with Gasteiger partial charge in [0.15, 0.2) is 0 Å². The van der Waals surface area contributed by atoms with E-state index in [0.717, 1.165) is 22.6 Å². The first kappa shape index (κ1) is 16.0. The monoisotopic (exact) mass is 324 g/mol. The molecule has 3 rings (SSSR count). The molecule has 2 amide bonds. The Labute approximate surface area is 140 Å². The number of amides is 2. The molecule has 0 fully saturated rings. The summed E-state index contributed by atoms with van der Waals surface area (Å²) in [6.45, 7) is 2.16. The van der Waals surface area contributed by atoms with E-state index in [1.165, 1.54) is 0 Å². The summed E-state index contributed by atoms with van der Waals surface area (Å²) in [6.07, 6.45) is 1.91. The van der Waals surface area contributed by atoms with Crippen molar-refractivity contribution in [3.63, 3.8) is 0 Å². The zero-order valence-electron chi connectivity index (χ0n) is 13.4. The van der Waals surface area contributed by atoms with Crippen LogP contribution in [-0.2, 0) is 6.54 Å². The minimum absolute atomic E-state index is 0.162. The molecule has 0 saturated heterocycles. The van der Waals surface area contributed by atoms with Crippen LogP contribution in [0.3, 0.4) is 0 Å². The fourth-order valence-corrected chi connectivity index (χ4v) is 2.58. The quantitative estimate of drug-likeness (QED) is 0.673. The van der Waals surface area contributed by atoms with E-state index in [2.05, 4.69) is 15.6 Å². The van der Waals surface area contributed by atoms with E-state index in [-0.39, 0.29) is 12.6 Å². The van der Waals surface area contributed by atoms with Crippen molar-refractivity contribution >= 4 is 11.7 Å². The van der Waals surface area contributed by atoms with Gasteiger partial charge in [0.05, 0.1) is 24.9 Å². The summed E-state index contributed by atoms with van der Waals surface area (Å²) in [4.78, 5) is 16.5. The van der Waals surface area contributed by atoms with Crippen molar-refractivity contribution in [1.29, 1.82) is 0 Å². The molecule has 0 spiro atoms. The summed E-state index contributed by atoms with van der Waals surface area (Å²) in [5.74, 6) is 0. The van der Waals surface area contributed by atoms with Crippen LogP contribution in [0.2, 0.25) is 0 Å². The molecule has 124 valence electrons. The lowest BCUT2D eigenvalue weighted by Gasteiger charge is -2.16. The number of aliphatic hydroxyl groups is 1. The molecule has 6 heteroatoms. The second-order valence-corrected chi connectivity index (χ2v) is 5.60. The average Bonchev–Trinajstić information content (AvgIpc) is 3.03. The normalized spacial score (nSPS) is 12.1. The van der Waals surface area contributed by atoms with Gasteiger partial charge in [-0.25, -0.2) is 9.78 Å². The molecule has 0 aliphatic heterocycles. The third kappa shape index (κ3) is 3.55. The molecule has 3 aromatic rings. The van der Waals surface area contributed by atoms with E-state index in [1.807, 2.05) is 66.1 Å². The van der Waals surface area contributed by atoms with Crippen molar-refractivity contribution in [1.82, 2.24) is 20.0 Å². The first-order chi connectivity index (χ1) is 11.7. The molecule has 3 N–H and O–H groups in total. The molecule has 24 heavy (non-hydrogen) atoms. The van der Waals surface area contributed by atoms with E-state index >= 15 is 0 Å². The van der Waals surface area contributed by atoms with E-state index < -0.39 is 6.04 Å². The smallest absolute Gasteiger partial charge is 0.315 e. The number of benzene rings is 1. The minimum atomic E-state index is -0.436. The van der Waals surface area contributed by atoms with Crippen LogP contribution in [0.1, 0.15) is 23.0 Å². The second-order valence-electron chi connectivity index (χ2n) is 5.60. The van der Waals surface area contributed by atoms with Crippen LogP contribution in [0.15, 0.2) is 54.7 Å². The second kappa shape index (κ2) is 7.14. The maximum atomic E-state index is 12.1. The number of imidazole rings is 1. The number of nitrogens with one attached hydrogen (secondary N) is 2. The van der Waals surface area contributed by atoms with Gasteiger partial charge in [-0.15, -0.1) is 0 Å². The van der Waals surface area contributed by atoms with Gasteiger partial charge in [0, 0.05) is 11.9 Å². The molecule has 0 aliphatic rings. The van der Waals surface area contributed by atoms with Crippen molar-refractivity contribution in [2.24, 2.45) is 0 Å². The van der Waals surface area contributed by atoms with Gasteiger partial charge in [-0.3, -0.25) is 0 Å². The van der Waals surface area contributed by atoms with E-state index in [1.54, 1.807) is 0 Å². The molecular weight excluding hydrogens is 304 g/mol. The van der Waals surface area contributed by atoms with Crippen LogP contribution >= 0.6 is 0 Å². The van der Waals surface area contributed by atoms with Crippen molar-refractivity contribution in [2.75, 3.05) is 6.61 Å². The molecule has 1 aromatic carbocycles. The SMILES string of the molecule is Cc1cccc2nc(CNC(=O)NC(CO)c3ccccc3)cn12. The molecule has 1 unspecified atom stereocenters. The van der Waals surface area contributed by atoms with Gasteiger partial charge in [-0.1, -0.05) is 36.4 Å². The number of carbonyl (C=O) groups is 1. The Morgan fingerprint density at radius 3 is 2.71 bits per heavy atom. The van der Waals surface area contributed by atoms with Crippen LogP contribution < -0.4 is 10.6 Å². The fourth-order valence-electron chi connectivity index (χ4n) is 2.58. The summed E-state index contributed by atoms with van der Waals surface area (Å²) in [6, 6.07) is 14.5. The van der Waals surface area contributed by atoms with Gasteiger partial charge in [-0.05, 0) is 24.6 Å². The van der Waals surface area contributed by atoms with Crippen molar-refractivity contribution in [3.05, 3.63) is 71.7 Å². The van der Waals surface area contributed by atoms with Crippen LogP contribution in [0.5, 0.6) is 0 Å². The van der Waals surface area contributed by atoms with Crippen LogP contribution in [0.25, 0.3) is 5.65 Å². The molecule has 1 atom stereocenters. The maximum Gasteiger partial charge on any atom is 0.315 e. The van der Waals surface area contributed by atoms with Crippen LogP contribution in [-0.4, -0.2) is 27.1 Å². The van der Waals surface area contributed by atoms with Crippen LogP contribution in [0, 0.1) is 6.92 Å². The number of pyridine rings is 1. The van der Waals surface area contributed by atoms with Gasteiger partial charge in [-0.2, -0.15) is 0 Å². The number of hydrogen-bond acceptors (Lipinski definition) is 3. The fraction of sp³-hybridized carbons (Fsp3) is 0.222. The molecule has 0 bridgehead atoms. The highest BCUT2D eigenvalue weighted by Gasteiger charge is 2.13. The van der Waals surface area contributed by atoms with Crippen molar-refractivity contribution in [3.8, 4) is 0 Å². The lowest BCUT2D eigenvalue weighted by Crippen LogP contribution is -2.38. The summed E-state index contributed by atoms with van der Waals surface area (Å²) in [5, 5.41) is 15.0. The lowest BCUT2D eigenvalue weighted by atomic mass is 10.1. The van der Waals surface area contributed by atoms with Gasteiger partial charge in [0.1, 0.15) is 5.65 Å². The Morgan fingerprint density at radius 1 is 1.21 bits per heavy atom. The standard InChI is InChI=1S/C18H20N4O2/c1-13-6-5-9-17-20-15(11-22(13)17)10-19-18(24)21-16(12-23)14-7-3-2-4-8-14/h2-9,11,16,23H,10,12H2,1H3,(H2,19,21,24). The number of carbonyl (C=O) groups excluding carboxylic acids is 1. The number of aliphatic hydroxyl groups excluding tert-OH is 1. The molecule has 0 radical (unpaired) electrons. The highest BCUT2D eigenvalue weighted by molar-refractivity contribution is 5.74. The molecule has 2 aromatic heterocycles. The van der Waals surface area contributed by atoms with Crippen molar-refractivity contribution < 1.29 is 9.90 Å². The average molecular weight is 324 g/mol. The van der Waals surface area contributed by atoms with Gasteiger partial charge >= 0.3 is 6.03 Å². The van der Waals surface area contributed by atoms with Gasteiger partial charge < -0.3 is 20.1 Å². The lowest BCUT2D eigenvalue weighted by molar-refractivity contribution is 0.216. The summed E-state index contributed by atoms with van der Waals surface area (Å²) >= 11 is 0. The van der Waals surface area contributed by atoms with Gasteiger partial charge in [0.2, 0.25) is 0 Å². The number of nitrogens with zero attached hydrogens (tertiary/aromatic N) is 2. The number of hydrogen-bond donors (Lipinski definition) is 3. The number of aryl methyl sites for hydroxylation is 1. The summed E-state index contributed by atoms with van der Waals surface area (Å²) in [7, 11) is 0. The zero-order chi connectivity index (χ0) is 16.9. The Morgan fingerprint density at radius 2 is 2.00 bits per heavy atom. The number of rotatable bonds is 5. The van der Waals surface area contributed by atoms with Crippen molar-refractivity contribution in [2.45, 2.75) is 19.5 Å². The highest BCUT2D eigenvalue weighted by atomic mass is 16.3. The third-order valence-electron chi connectivity index (χ3n) is 3.87. The van der Waals surface area contributed by atoms with Crippen LogP contribution in [0.4, 0.5) is 4.79 Å². The predicted octanol–water partition coefficient (Wildman–Crippen LogP) is 2.18. The van der Waals surface area contributed by atoms with E-state index in [4.69, 9.17) is 0 Å². The maximum absolute atomic E-state index is 12.1. The van der Waals surface area contributed by atoms with E-state index in [0.29, 0.717) is 6.54 Å².